The molecular formula is C50H62ClN3O7. The number of hydrogen-bond donors (Lipinski definition) is 0. The van der Waals surface area contributed by atoms with Gasteiger partial charge in [0.1, 0.15) is 31.9 Å². The van der Waals surface area contributed by atoms with Crippen LogP contribution in [0.3, 0.4) is 0 Å². The van der Waals surface area contributed by atoms with Gasteiger partial charge < -0.3 is 41.2 Å². The lowest BCUT2D eigenvalue weighted by atomic mass is 9.90. The fourth-order valence-electron chi connectivity index (χ4n) is 5.72. The summed E-state index contributed by atoms with van der Waals surface area (Å²) in [5, 5.41) is 0. The Hall–Kier alpha value is -6.13. The highest BCUT2D eigenvalue weighted by molar-refractivity contribution is 6.04. The lowest BCUT2D eigenvalue weighted by Crippen LogP contribution is -3.00. The highest BCUT2D eigenvalue weighted by Gasteiger charge is 2.14. The van der Waals surface area contributed by atoms with Crippen LogP contribution in [0.25, 0.3) is 5.57 Å². The van der Waals surface area contributed by atoms with Crippen LogP contribution in [-0.4, -0.2) is 97.2 Å². The van der Waals surface area contributed by atoms with Gasteiger partial charge in [-0.1, -0.05) is 42.5 Å². The van der Waals surface area contributed by atoms with Crippen LogP contribution in [0.2, 0.25) is 0 Å². The van der Waals surface area contributed by atoms with Crippen molar-refractivity contribution in [3.05, 3.63) is 150 Å². The standard InChI is InChI=1S/C29H35N2O3.C13H16O4.C8H11N.ClH/c1-6-33-28(32)8-7-21-34-27-19-13-24(14-20-27)29(22-9-15-25(16-10-22)30(2)3)23-11-17-26(18-12-23)31(4)5;1-2-16-13(15)4-3-9-17-12-7-5-11(10-14)6-8-12;1-9(2)8-6-4-3-5-7-8;/h9-20H,6-8,21H2,1-5H3;5-8,10H,2-4,9H2,1H3;3-7H,1-2H3;1H/q+1;;;/p-1. The molecule has 10 nitrogen and oxygen atoms in total. The van der Waals surface area contributed by atoms with Gasteiger partial charge in [0.15, 0.2) is 5.71 Å². The Balaban J connectivity index is 0.000000391. The molecule has 4 aromatic rings. The fraction of sp³-hybridized carbons (Fsp3) is 0.320. The summed E-state index contributed by atoms with van der Waals surface area (Å²) < 4.78 is 23.1. The van der Waals surface area contributed by atoms with Gasteiger partial charge in [-0.3, -0.25) is 14.4 Å². The fourth-order valence-corrected chi connectivity index (χ4v) is 5.72. The van der Waals surface area contributed by atoms with Crippen molar-refractivity contribution in [2.45, 2.75) is 39.5 Å². The van der Waals surface area contributed by atoms with Crippen LogP contribution >= 0.6 is 0 Å². The van der Waals surface area contributed by atoms with E-state index < -0.39 is 0 Å². The number of hydrogen-bond acceptors (Lipinski definition) is 9. The molecule has 61 heavy (non-hydrogen) atoms. The highest BCUT2D eigenvalue weighted by Crippen LogP contribution is 2.32. The van der Waals surface area contributed by atoms with Crippen LogP contribution in [0.1, 0.15) is 61.0 Å². The Morgan fingerprint density at radius 3 is 1.41 bits per heavy atom. The van der Waals surface area contributed by atoms with Crippen molar-refractivity contribution in [2.75, 3.05) is 78.5 Å². The summed E-state index contributed by atoms with van der Waals surface area (Å²) in [4.78, 5) is 37.1. The topological polar surface area (TPSA) is 97.6 Å². The Labute approximate surface area is 369 Å². The van der Waals surface area contributed by atoms with E-state index in [2.05, 4.69) is 87.2 Å². The largest absolute Gasteiger partial charge is 1.00 e. The van der Waals surface area contributed by atoms with Gasteiger partial charge in [0, 0.05) is 70.1 Å². The zero-order valence-corrected chi connectivity index (χ0v) is 37.7. The van der Waals surface area contributed by atoms with Crippen molar-refractivity contribution in [3.8, 4) is 11.5 Å². The molecule has 0 amide bonds. The van der Waals surface area contributed by atoms with Crippen molar-refractivity contribution in [3.63, 3.8) is 0 Å². The smallest absolute Gasteiger partial charge is 0.305 e. The number of benzene rings is 4. The van der Waals surface area contributed by atoms with Crippen molar-refractivity contribution in [1.82, 2.24) is 0 Å². The number of allylic oxidation sites excluding steroid dienone is 5. The van der Waals surface area contributed by atoms with Crippen LogP contribution in [0.15, 0.2) is 133 Å². The number of rotatable bonds is 17. The van der Waals surface area contributed by atoms with E-state index in [1.54, 1.807) is 31.2 Å². The molecule has 1 aliphatic carbocycles. The summed E-state index contributed by atoms with van der Waals surface area (Å²) >= 11 is 0. The summed E-state index contributed by atoms with van der Waals surface area (Å²) in [6.07, 6.45) is 11.4. The molecule has 4 aromatic carbocycles. The average molecular weight is 853 g/mol. The van der Waals surface area contributed by atoms with E-state index in [4.69, 9.17) is 18.9 Å². The Kier molecular flexibility index (Phi) is 23.7. The molecule has 0 aromatic heterocycles. The van der Waals surface area contributed by atoms with E-state index in [1.807, 2.05) is 79.5 Å². The third-order valence-corrected chi connectivity index (χ3v) is 8.98. The first kappa shape index (κ1) is 51.0. The maximum absolute atomic E-state index is 11.5. The molecule has 5 rings (SSSR count). The van der Waals surface area contributed by atoms with E-state index in [9.17, 15) is 14.4 Å². The van der Waals surface area contributed by atoms with Gasteiger partial charge in [-0.05, 0) is 122 Å². The van der Waals surface area contributed by atoms with Gasteiger partial charge >= 0.3 is 11.9 Å². The molecule has 0 radical (unpaired) electrons. The van der Waals surface area contributed by atoms with Gasteiger partial charge in [0.05, 0.1) is 26.4 Å². The summed E-state index contributed by atoms with van der Waals surface area (Å²) in [5.41, 5.74) is 8.80. The predicted molar refractivity (Wildman–Crippen MR) is 244 cm³/mol. The zero-order valence-electron chi connectivity index (χ0n) is 36.9. The van der Waals surface area contributed by atoms with Crippen molar-refractivity contribution >= 4 is 40.9 Å². The number of esters is 2. The minimum absolute atomic E-state index is 0. The second-order valence-corrected chi connectivity index (χ2v) is 14.2. The predicted octanol–water partition coefficient (Wildman–Crippen LogP) is 6.09. The number of halogens is 1. The summed E-state index contributed by atoms with van der Waals surface area (Å²) in [6.45, 7) is 5.35. The summed E-state index contributed by atoms with van der Waals surface area (Å²) in [5.74, 6) is 1.10. The number of aldehydes is 1. The SMILES string of the molecule is CCOC(=O)CCCOc1ccc(C(=C2C=CC(=[N+](C)C)C=C2)c2ccc(N(C)C)cc2)cc1.CCOC(=O)CCCOc1ccc(C=O)cc1.CN(C)c1ccccc1.[Cl-]. The quantitative estimate of drug-likeness (QED) is 0.0542. The van der Waals surface area contributed by atoms with Gasteiger partial charge in [-0.15, -0.1) is 0 Å². The van der Waals surface area contributed by atoms with E-state index in [0.29, 0.717) is 63.4 Å². The van der Waals surface area contributed by atoms with Gasteiger partial charge in [-0.25, -0.2) is 4.58 Å². The molecule has 0 saturated carbocycles. The molecule has 0 fully saturated rings. The first-order valence-electron chi connectivity index (χ1n) is 20.3. The molecule has 326 valence electrons. The van der Waals surface area contributed by atoms with Crippen LogP contribution < -0.4 is 31.7 Å². The Morgan fingerprint density at radius 2 is 1.02 bits per heavy atom. The molecule has 0 atom stereocenters. The number of anilines is 2. The minimum Gasteiger partial charge on any atom is -1.00 e. The Bertz CT molecular complexity index is 2020. The summed E-state index contributed by atoms with van der Waals surface area (Å²) in [6, 6.07) is 33.9. The zero-order chi connectivity index (χ0) is 43.7. The first-order chi connectivity index (χ1) is 28.9. The van der Waals surface area contributed by atoms with Crippen molar-refractivity contribution in [1.29, 1.82) is 0 Å². The molecule has 0 aliphatic heterocycles. The third kappa shape index (κ3) is 18.8. The van der Waals surface area contributed by atoms with Crippen LogP contribution in [0, 0.1) is 0 Å². The molecule has 0 spiro atoms. The van der Waals surface area contributed by atoms with Crippen LogP contribution in [-0.2, 0) is 19.1 Å². The van der Waals surface area contributed by atoms with Crippen LogP contribution in [0.4, 0.5) is 11.4 Å². The highest BCUT2D eigenvalue weighted by atomic mass is 35.5. The number of nitrogens with zero attached hydrogens (tertiary/aromatic N) is 3. The lowest BCUT2D eigenvalue weighted by molar-refractivity contribution is -0.462. The first-order valence-corrected chi connectivity index (χ1v) is 20.3. The van der Waals surface area contributed by atoms with Gasteiger partial charge in [-0.2, -0.15) is 0 Å². The maximum atomic E-state index is 11.5. The Morgan fingerprint density at radius 1 is 0.590 bits per heavy atom. The lowest BCUT2D eigenvalue weighted by Gasteiger charge is -2.17. The normalized spacial score (nSPS) is 11.0. The average Bonchev–Trinajstić information content (AvgIpc) is 3.26. The molecule has 0 saturated heterocycles. The van der Waals surface area contributed by atoms with Crippen LogP contribution in [0.5, 0.6) is 11.5 Å². The number of carbonyl (C=O) groups is 3. The third-order valence-electron chi connectivity index (χ3n) is 8.98. The molecular weight excluding hydrogens is 790 g/mol. The van der Waals surface area contributed by atoms with E-state index in [0.717, 1.165) is 40.1 Å². The molecule has 1 aliphatic rings. The second-order valence-electron chi connectivity index (χ2n) is 14.2. The molecule has 0 bridgehead atoms. The molecule has 0 N–H and O–H groups in total. The molecule has 0 unspecified atom stereocenters. The van der Waals surface area contributed by atoms with Crippen molar-refractivity contribution in [2.24, 2.45) is 0 Å². The summed E-state index contributed by atoms with van der Waals surface area (Å²) in [7, 11) is 12.3. The molecule has 0 heterocycles. The van der Waals surface area contributed by atoms with E-state index in [1.165, 1.54) is 11.3 Å². The number of para-hydroxylation sites is 1. The maximum Gasteiger partial charge on any atom is 0.305 e. The second kappa shape index (κ2) is 28.4. The monoisotopic (exact) mass is 851 g/mol. The molecule has 11 heteroatoms. The van der Waals surface area contributed by atoms with Gasteiger partial charge in [0.25, 0.3) is 0 Å². The number of ether oxygens (including phenoxy) is 4. The van der Waals surface area contributed by atoms with Gasteiger partial charge in [0.2, 0.25) is 0 Å². The van der Waals surface area contributed by atoms with Crippen molar-refractivity contribution < 1.29 is 50.3 Å². The minimum atomic E-state index is -0.201. The number of carbonyl (C=O) groups excluding carboxylic acids is 3. The van der Waals surface area contributed by atoms with E-state index in [-0.39, 0.29) is 24.3 Å². The van der Waals surface area contributed by atoms with E-state index >= 15 is 0 Å².